The maximum atomic E-state index is 12.6. The molecule has 0 spiro atoms. The van der Waals surface area contributed by atoms with E-state index >= 15 is 0 Å². The summed E-state index contributed by atoms with van der Waals surface area (Å²) in [6.45, 7) is 0.625. The lowest BCUT2D eigenvalue weighted by molar-refractivity contribution is -0.142. The molecule has 0 fully saturated rings. The molecule has 174 valence electrons. The Hall–Kier alpha value is -1.54. The Morgan fingerprint density at radius 2 is 1.40 bits per heavy atom. The Morgan fingerprint density at radius 3 is 1.83 bits per heavy atom. The third-order valence-electron chi connectivity index (χ3n) is 4.06. The largest absolute Gasteiger partial charge is 0.480 e. The molecule has 0 aromatic heterocycles. The summed E-state index contributed by atoms with van der Waals surface area (Å²) >= 11 is 2.87. The van der Waals surface area contributed by atoms with Gasteiger partial charge >= 0.3 is 5.97 Å². The maximum absolute atomic E-state index is 12.6. The van der Waals surface area contributed by atoms with E-state index in [1.807, 2.05) is 12.5 Å². The third kappa shape index (κ3) is 10.5. The summed E-state index contributed by atoms with van der Waals surface area (Å²) in [6.07, 6.45) is 2.75. The minimum Gasteiger partial charge on any atom is -0.480 e. The van der Waals surface area contributed by atoms with E-state index in [4.69, 9.17) is 10.8 Å². The highest BCUT2D eigenvalue weighted by Crippen LogP contribution is 2.06. The van der Waals surface area contributed by atoms with Gasteiger partial charge in [0, 0.05) is 0 Å². The van der Waals surface area contributed by atoms with E-state index in [1.54, 1.807) is 0 Å². The molecule has 30 heavy (non-hydrogen) atoms. The van der Waals surface area contributed by atoms with Crippen molar-refractivity contribution < 1.29 is 34.5 Å². The molecule has 5 unspecified atom stereocenters. The number of rotatable bonds is 15. The second kappa shape index (κ2) is 15.3. The second-order valence-electron chi connectivity index (χ2n) is 6.54. The third-order valence-corrected chi connectivity index (χ3v) is 5.35. The van der Waals surface area contributed by atoms with Crippen molar-refractivity contribution in [2.45, 2.75) is 50.0 Å². The van der Waals surface area contributed by atoms with Gasteiger partial charge in [0.05, 0.1) is 12.7 Å². The minimum atomic E-state index is -1.41. The van der Waals surface area contributed by atoms with Crippen LogP contribution in [0.3, 0.4) is 0 Å². The van der Waals surface area contributed by atoms with Gasteiger partial charge in [0.2, 0.25) is 17.7 Å². The molecule has 13 heteroatoms. The molecule has 11 nitrogen and oxygen atoms in total. The number of aliphatic carboxylic acids is 1. The van der Waals surface area contributed by atoms with Crippen molar-refractivity contribution in [3.05, 3.63) is 0 Å². The zero-order valence-corrected chi connectivity index (χ0v) is 18.9. The van der Waals surface area contributed by atoms with Gasteiger partial charge in [-0.15, -0.1) is 0 Å². The number of aliphatic hydroxyl groups is 2. The second-order valence-corrected chi connectivity index (χ2v) is 8.51. The molecular formula is C17H32N4O7S2. The fourth-order valence-electron chi connectivity index (χ4n) is 2.28. The fourth-order valence-corrected chi connectivity index (χ4v) is 3.22. The van der Waals surface area contributed by atoms with Gasteiger partial charge in [-0.3, -0.25) is 14.4 Å². The summed E-state index contributed by atoms with van der Waals surface area (Å²) in [4.78, 5) is 48.5. The van der Waals surface area contributed by atoms with Crippen LogP contribution in [0.1, 0.15) is 19.8 Å². The van der Waals surface area contributed by atoms with Gasteiger partial charge in [-0.1, -0.05) is 0 Å². The molecule has 0 aliphatic carbocycles. The number of amides is 3. The summed E-state index contributed by atoms with van der Waals surface area (Å²) in [5, 5.41) is 35.2. The zero-order valence-electron chi connectivity index (χ0n) is 17.3. The number of nitrogens with one attached hydrogen (secondary N) is 3. The predicted molar refractivity (Wildman–Crippen MR) is 116 cm³/mol. The van der Waals surface area contributed by atoms with Crippen LogP contribution in [0.4, 0.5) is 0 Å². The minimum absolute atomic E-state index is 0.213. The lowest BCUT2D eigenvalue weighted by Crippen LogP contribution is -2.60. The van der Waals surface area contributed by atoms with Crippen LogP contribution >= 0.6 is 23.5 Å². The Morgan fingerprint density at radius 1 is 0.900 bits per heavy atom. The van der Waals surface area contributed by atoms with Gasteiger partial charge in [0.1, 0.15) is 24.2 Å². The van der Waals surface area contributed by atoms with Crippen molar-refractivity contribution in [2.24, 2.45) is 5.73 Å². The van der Waals surface area contributed by atoms with Crippen LogP contribution in [0, 0.1) is 0 Å². The number of nitrogens with two attached hydrogens (primary N) is 1. The van der Waals surface area contributed by atoms with Crippen LogP contribution in [0.2, 0.25) is 0 Å². The summed E-state index contributed by atoms with van der Waals surface area (Å²) in [5.74, 6) is -2.50. The highest BCUT2D eigenvalue weighted by Gasteiger charge is 2.32. The molecule has 3 amide bonds. The number of thioether (sulfide) groups is 2. The molecule has 0 saturated carbocycles. The molecule has 5 atom stereocenters. The molecule has 8 N–H and O–H groups in total. The van der Waals surface area contributed by atoms with E-state index in [2.05, 4.69) is 16.0 Å². The quantitative estimate of drug-likeness (QED) is 0.138. The van der Waals surface area contributed by atoms with Crippen molar-refractivity contribution >= 4 is 47.2 Å². The van der Waals surface area contributed by atoms with Crippen molar-refractivity contribution in [3.63, 3.8) is 0 Å². The maximum Gasteiger partial charge on any atom is 0.326 e. The average Bonchev–Trinajstić information content (AvgIpc) is 2.70. The van der Waals surface area contributed by atoms with Crippen molar-refractivity contribution in [2.75, 3.05) is 30.6 Å². The van der Waals surface area contributed by atoms with E-state index in [0.717, 1.165) is 0 Å². The number of hydrogen-bond donors (Lipinski definition) is 7. The van der Waals surface area contributed by atoms with Gasteiger partial charge in [0.25, 0.3) is 0 Å². The molecule has 0 aromatic rings. The Balaban J connectivity index is 5.30. The Bertz CT molecular complexity index is 580. The molecular weight excluding hydrogens is 436 g/mol. The first-order chi connectivity index (χ1) is 14.1. The summed E-state index contributed by atoms with van der Waals surface area (Å²) in [7, 11) is 0. The number of carboxylic acids is 1. The number of aliphatic hydroxyl groups excluding tert-OH is 2. The monoisotopic (exact) mass is 468 g/mol. The molecule has 0 heterocycles. The highest BCUT2D eigenvalue weighted by molar-refractivity contribution is 7.98. The first kappa shape index (κ1) is 28.5. The van der Waals surface area contributed by atoms with E-state index in [1.165, 1.54) is 30.4 Å². The van der Waals surface area contributed by atoms with Gasteiger partial charge in [-0.2, -0.15) is 23.5 Å². The van der Waals surface area contributed by atoms with Gasteiger partial charge < -0.3 is 37.0 Å². The molecule has 0 aliphatic heterocycles. The lowest BCUT2D eigenvalue weighted by atomic mass is 10.1. The first-order valence-electron chi connectivity index (χ1n) is 9.25. The van der Waals surface area contributed by atoms with E-state index < -0.39 is 60.6 Å². The molecule has 0 aliphatic rings. The van der Waals surface area contributed by atoms with Crippen molar-refractivity contribution in [1.82, 2.24) is 16.0 Å². The van der Waals surface area contributed by atoms with Crippen LogP contribution in [-0.4, -0.2) is 99.9 Å². The van der Waals surface area contributed by atoms with Crippen molar-refractivity contribution in [1.29, 1.82) is 0 Å². The normalized spacial score (nSPS) is 15.9. The number of carboxylic acid groups (broad SMARTS) is 1. The van der Waals surface area contributed by atoms with Crippen molar-refractivity contribution in [3.8, 4) is 0 Å². The molecule has 0 saturated heterocycles. The number of hydrogen-bond acceptors (Lipinski definition) is 9. The molecule has 0 bridgehead atoms. The first-order valence-corrected chi connectivity index (χ1v) is 12.0. The molecule has 0 rings (SSSR count). The van der Waals surface area contributed by atoms with Gasteiger partial charge in [-0.25, -0.2) is 4.79 Å². The summed E-state index contributed by atoms with van der Waals surface area (Å²) in [6, 6.07) is -4.85. The van der Waals surface area contributed by atoms with Crippen LogP contribution in [0.5, 0.6) is 0 Å². The van der Waals surface area contributed by atoms with Gasteiger partial charge in [-0.05, 0) is 43.8 Å². The number of carbonyl (C=O) groups excluding carboxylic acids is 3. The van der Waals surface area contributed by atoms with E-state index in [0.29, 0.717) is 11.5 Å². The Labute approximate surface area is 184 Å². The lowest BCUT2D eigenvalue weighted by Gasteiger charge is -2.26. The van der Waals surface area contributed by atoms with E-state index in [-0.39, 0.29) is 12.8 Å². The van der Waals surface area contributed by atoms with Crippen LogP contribution < -0.4 is 21.7 Å². The standard InChI is InChI=1S/C17H32N4O7S2/c1-9(23)13(21-14(24)10(18)8-22)16(26)19-11(4-6-29-2)15(25)20-12(17(27)28)5-7-30-3/h9-13,22-23H,4-8,18H2,1-3H3,(H,19,26)(H,20,25)(H,21,24)(H,27,28). The van der Waals surface area contributed by atoms with Crippen LogP contribution in [-0.2, 0) is 19.2 Å². The smallest absolute Gasteiger partial charge is 0.326 e. The van der Waals surface area contributed by atoms with Crippen LogP contribution in [0.25, 0.3) is 0 Å². The molecule has 0 radical (unpaired) electrons. The van der Waals surface area contributed by atoms with Crippen LogP contribution in [0.15, 0.2) is 0 Å². The summed E-state index contributed by atoms with van der Waals surface area (Å²) in [5.41, 5.74) is 5.40. The SMILES string of the molecule is CSCCC(NC(=O)C(CCSC)NC(=O)C(NC(=O)C(N)CO)C(C)O)C(=O)O. The van der Waals surface area contributed by atoms with E-state index in [9.17, 15) is 29.4 Å². The fraction of sp³-hybridized carbons (Fsp3) is 0.765. The average molecular weight is 469 g/mol. The Kier molecular flexibility index (Phi) is 14.5. The zero-order chi connectivity index (χ0) is 23.3. The summed E-state index contributed by atoms with van der Waals surface area (Å²) < 4.78 is 0. The topological polar surface area (TPSA) is 191 Å². The predicted octanol–water partition coefficient (Wildman–Crippen LogP) is -2.27. The number of carbonyl (C=O) groups is 4. The van der Waals surface area contributed by atoms with Gasteiger partial charge in [0.15, 0.2) is 0 Å². The molecule has 0 aromatic carbocycles. The highest BCUT2D eigenvalue weighted by atomic mass is 32.2.